The van der Waals surface area contributed by atoms with Crippen molar-refractivity contribution in [3.8, 4) is 0 Å². The summed E-state index contributed by atoms with van der Waals surface area (Å²) in [5.74, 6) is 1.79. The summed E-state index contributed by atoms with van der Waals surface area (Å²) < 4.78 is 0. The van der Waals surface area contributed by atoms with Gasteiger partial charge in [-0.25, -0.2) is 0 Å². The van der Waals surface area contributed by atoms with Crippen LogP contribution in [0.2, 0.25) is 0 Å². The van der Waals surface area contributed by atoms with Crippen molar-refractivity contribution in [1.29, 1.82) is 0 Å². The van der Waals surface area contributed by atoms with Gasteiger partial charge in [0.05, 0.1) is 0 Å². The maximum atomic E-state index is 5.51. The minimum atomic E-state index is 0.170. The molecule has 2 aromatic rings. The molecule has 0 unspecified atom stereocenters. The number of hydrogen-bond donors (Lipinski definition) is 4. The Labute approximate surface area is 86.2 Å². The number of nitrogen functional groups attached to an aromatic ring is 1. The zero-order chi connectivity index (χ0) is 10.7. The van der Waals surface area contributed by atoms with Gasteiger partial charge in [-0.2, -0.15) is 15.0 Å². The Bertz CT molecular complexity index is 436. The fourth-order valence-corrected chi connectivity index (χ4v) is 1.09. The van der Waals surface area contributed by atoms with Crippen LogP contribution in [0.5, 0.6) is 0 Å². The van der Waals surface area contributed by atoms with Crippen LogP contribution >= 0.6 is 0 Å². The fourth-order valence-electron chi connectivity index (χ4n) is 1.09. The van der Waals surface area contributed by atoms with Gasteiger partial charge < -0.3 is 21.4 Å². The molecule has 2 heterocycles. The Morgan fingerprint density at radius 2 is 2.07 bits per heavy atom. The molecule has 0 saturated carbocycles. The van der Waals surface area contributed by atoms with Crippen LogP contribution in [0.15, 0.2) is 18.3 Å². The van der Waals surface area contributed by atoms with Crippen LogP contribution in [0.1, 0.15) is 0 Å². The van der Waals surface area contributed by atoms with Gasteiger partial charge in [-0.15, -0.1) is 0 Å². The summed E-state index contributed by atoms with van der Waals surface area (Å²) in [5.41, 5.74) is 5.51. The Kier molecular flexibility index (Phi) is 2.36. The standard InChI is InChI=1S/C8H11N7/c1-10-7-13-6(9)14-8(15-7)12-5-3-2-4-11-5/h2-4,11H,1H3,(H4,9,10,12,13,14,15). The second-order valence-electron chi connectivity index (χ2n) is 2.80. The van der Waals surface area contributed by atoms with Gasteiger partial charge in [0.25, 0.3) is 0 Å². The van der Waals surface area contributed by atoms with Gasteiger partial charge in [0.15, 0.2) is 0 Å². The average molecular weight is 205 g/mol. The van der Waals surface area contributed by atoms with Gasteiger partial charge in [-0.3, -0.25) is 0 Å². The third-order valence-electron chi connectivity index (χ3n) is 1.72. The van der Waals surface area contributed by atoms with E-state index in [0.29, 0.717) is 11.9 Å². The van der Waals surface area contributed by atoms with Gasteiger partial charge in [-0.1, -0.05) is 0 Å². The van der Waals surface area contributed by atoms with Crippen LogP contribution in [0.4, 0.5) is 23.7 Å². The highest BCUT2D eigenvalue weighted by Gasteiger charge is 2.03. The number of nitrogens with zero attached hydrogens (tertiary/aromatic N) is 3. The van der Waals surface area contributed by atoms with E-state index in [4.69, 9.17) is 5.73 Å². The summed E-state index contributed by atoms with van der Waals surface area (Å²) in [4.78, 5) is 14.9. The number of hydrogen-bond acceptors (Lipinski definition) is 6. The first-order valence-corrected chi connectivity index (χ1v) is 4.37. The lowest BCUT2D eigenvalue weighted by molar-refractivity contribution is 1.06. The Morgan fingerprint density at radius 3 is 2.73 bits per heavy atom. The predicted octanol–water partition coefficient (Wildman–Crippen LogP) is 0.567. The maximum absolute atomic E-state index is 5.51. The average Bonchev–Trinajstić information content (AvgIpc) is 2.69. The molecule has 15 heavy (non-hydrogen) atoms. The molecule has 2 aromatic heterocycles. The Balaban J connectivity index is 2.24. The molecule has 0 aromatic carbocycles. The van der Waals surface area contributed by atoms with Crippen LogP contribution in [0.3, 0.4) is 0 Å². The minimum Gasteiger partial charge on any atom is -0.368 e. The van der Waals surface area contributed by atoms with Crippen LogP contribution in [0.25, 0.3) is 0 Å². The van der Waals surface area contributed by atoms with Crippen molar-refractivity contribution in [2.45, 2.75) is 0 Å². The first-order valence-electron chi connectivity index (χ1n) is 4.37. The molecule has 0 atom stereocenters. The van der Waals surface area contributed by atoms with E-state index in [9.17, 15) is 0 Å². The second kappa shape index (κ2) is 3.82. The molecule has 0 aliphatic rings. The summed E-state index contributed by atoms with van der Waals surface area (Å²) in [7, 11) is 1.72. The van der Waals surface area contributed by atoms with E-state index >= 15 is 0 Å². The zero-order valence-electron chi connectivity index (χ0n) is 8.15. The van der Waals surface area contributed by atoms with Crippen molar-refractivity contribution < 1.29 is 0 Å². The van der Waals surface area contributed by atoms with Gasteiger partial charge in [0.2, 0.25) is 17.8 Å². The lowest BCUT2D eigenvalue weighted by Crippen LogP contribution is -2.06. The molecule has 0 saturated heterocycles. The molecule has 7 nitrogen and oxygen atoms in total. The quantitative estimate of drug-likeness (QED) is 0.583. The van der Waals surface area contributed by atoms with Crippen molar-refractivity contribution in [2.24, 2.45) is 0 Å². The largest absolute Gasteiger partial charge is 0.368 e. The summed E-state index contributed by atoms with van der Waals surface area (Å²) in [6, 6.07) is 3.73. The molecule has 0 radical (unpaired) electrons. The van der Waals surface area contributed by atoms with Crippen LogP contribution in [0, 0.1) is 0 Å². The van der Waals surface area contributed by atoms with Gasteiger partial charge in [-0.05, 0) is 12.1 Å². The second-order valence-corrected chi connectivity index (χ2v) is 2.80. The summed E-state index contributed by atoms with van der Waals surface area (Å²) in [6.45, 7) is 0. The smallest absolute Gasteiger partial charge is 0.234 e. The highest BCUT2D eigenvalue weighted by molar-refractivity contribution is 5.50. The highest BCUT2D eigenvalue weighted by atomic mass is 15.2. The fraction of sp³-hybridized carbons (Fsp3) is 0.125. The SMILES string of the molecule is CNc1nc(N)nc(Nc2ccc[nH]2)n1. The molecule has 5 N–H and O–H groups in total. The molecule has 0 bridgehead atoms. The third kappa shape index (κ3) is 2.13. The van der Waals surface area contributed by atoms with Gasteiger partial charge in [0, 0.05) is 13.2 Å². The Morgan fingerprint density at radius 1 is 1.27 bits per heavy atom. The van der Waals surface area contributed by atoms with Crippen molar-refractivity contribution in [3.63, 3.8) is 0 Å². The van der Waals surface area contributed by atoms with E-state index in [1.807, 2.05) is 12.1 Å². The lowest BCUT2D eigenvalue weighted by Gasteiger charge is -2.04. The zero-order valence-corrected chi connectivity index (χ0v) is 8.15. The van der Waals surface area contributed by atoms with Crippen LogP contribution in [-0.2, 0) is 0 Å². The first kappa shape index (κ1) is 9.25. The molecular weight excluding hydrogens is 194 g/mol. The number of H-pyrrole nitrogens is 1. The van der Waals surface area contributed by atoms with E-state index in [2.05, 4.69) is 30.6 Å². The van der Waals surface area contributed by atoms with E-state index in [-0.39, 0.29) is 5.95 Å². The van der Waals surface area contributed by atoms with E-state index in [0.717, 1.165) is 5.82 Å². The van der Waals surface area contributed by atoms with E-state index in [1.165, 1.54) is 0 Å². The predicted molar refractivity (Wildman–Crippen MR) is 57.9 cm³/mol. The van der Waals surface area contributed by atoms with E-state index < -0.39 is 0 Å². The first-order chi connectivity index (χ1) is 7.28. The van der Waals surface area contributed by atoms with E-state index in [1.54, 1.807) is 13.2 Å². The van der Waals surface area contributed by atoms with Crippen LogP contribution in [-0.4, -0.2) is 27.0 Å². The summed E-state index contributed by atoms with van der Waals surface area (Å²) in [5, 5.41) is 5.76. The molecule has 0 spiro atoms. The molecule has 7 heteroatoms. The number of nitrogens with two attached hydrogens (primary N) is 1. The lowest BCUT2D eigenvalue weighted by atomic mass is 10.6. The van der Waals surface area contributed by atoms with Crippen molar-refractivity contribution in [2.75, 3.05) is 23.4 Å². The highest BCUT2D eigenvalue weighted by Crippen LogP contribution is 2.11. The molecule has 0 aliphatic carbocycles. The van der Waals surface area contributed by atoms with Crippen molar-refractivity contribution in [1.82, 2.24) is 19.9 Å². The number of rotatable bonds is 3. The summed E-state index contributed by atoms with van der Waals surface area (Å²) >= 11 is 0. The number of nitrogens with one attached hydrogen (secondary N) is 3. The van der Waals surface area contributed by atoms with Gasteiger partial charge in [0.1, 0.15) is 5.82 Å². The van der Waals surface area contributed by atoms with Crippen molar-refractivity contribution in [3.05, 3.63) is 18.3 Å². The number of anilines is 4. The monoisotopic (exact) mass is 205 g/mol. The molecule has 0 amide bonds. The number of aromatic amines is 1. The third-order valence-corrected chi connectivity index (χ3v) is 1.72. The topological polar surface area (TPSA) is 105 Å². The molecule has 78 valence electrons. The molecule has 2 rings (SSSR count). The Hall–Kier alpha value is -2.31. The number of aromatic nitrogens is 4. The molecule has 0 fully saturated rings. The molecule has 0 aliphatic heterocycles. The maximum Gasteiger partial charge on any atom is 0.234 e. The van der Waals surface area contributed by atoms with Crippen molar-refractivity contribution >= 4 is 23.7 Å². The molecular formula is C8H11N7. The minimum absolute atomic E-state index is 0.170. The van der Waals surface area contributed by atoms with Gasteiger partial charge >= 0.3 is 0 Å². The van der Waals surface area contributed by atoms with Crippen LogP contribution < -0.4 is 16.4 Å². The summed E-state index contributed by atoms with van der Waals surface area (Å²) in [6.07, 6.45) is 1.80. The normalized spacial score (nSPS) is 9.93.